The molecule has 0 aromatic rings. The second-order valence-corrected chi connectivity index (χ2v) is 3.19. The molecule has 0 saturated carbocycles. The quantitative estimate of drug-likeness (QED) is 0.526. The zero-order valence-electron chi connectivity index (χ0n) is 6.92. The molecule has 0 radical (unpaired) electrons. The third-order valence-electron chi connectivity index (χ3n) is 2.21. The Labute approximate surface area is 68.7 Å². The molecule has 0 heterocycles. The largest absolute Gasteiger partial charge is 0.198 e. The van der Waals surface area contributed by atoms with E-state index in [9.17, 15) is 0 Å². The van der Waals surface area contributed by atoms with Crippen LogP contribution in [0, 0.1) is 17.2 Å². The van der Waals surface area contributed by atoms with Crippen molar-refractivity contribution in [2.24, 2.45) is 5.92 Å². The van der Waals surface area contributed by atoms with Crippen molar-refractivity contribution in [2.45, 2.75) is 38.5 Å². The van der Waals surface area contributed by atoms with Gasteiger partial charge in [0.05, 0.1) is 6.07 Å². The van der Waals surface area contributed by atoms with Gasteiger partial charge in [0.25, 0.3) is 0 Å². The molecule has 1 unspecified atom stereocenters. The summed E-state index contributed by atoms with van der Waals surface area (Å²) in [5.41, 5.74) is 0. The van der Waals surface area contributed by atoms with Gasteiger partial charge < -0.3 is 0 Å². The first-order chi connectivity index (χ1) is 5.43. The van der Waals surface area contributed by atoms with E-state index in [1.165, 1.54) is 32.1 Å². The van der Waals surface area contributed by atoms with E-state index in [0.29, 0.717) is 12.3 Å². The van der Waals surface area contributed by atoms with Gasteiger partial charge in [-0.15, -0.1) is 0 Å². The molecule has 1 rings (SSSR count). The third kappa shape index (κ3) is 3.23. The van der Waals surface area contributed by atoms with Gasteiger partial charge in [-0.05, 0) is 25.2 Å². The molecule has 0 bridgehead atoms. The fourth-order valence-electron chi connectivity index (χ4n) is 1.52. The fourth-order valence-corrected chi connectivity index (χ4v) is 1.52. The van der Waals surface area contributed by atoms with Crippen LogP contribution in [0.15, 0.2) is 12.2 Å². The Balaban J connectivity index is 2.36. The summed E-state index contributed by atoms with van der Waals surface area (Å²) in [7, 11) is 0. The summed E-state index contributed by atoms with van der Waals surface area (Å²) >= 11 is 0. The molecule has 1 aliphatic carbocycles. The molecule has 0 fully saturated rings. The second-order valence-electron chi connectivity index (χ2n) is 3.19. The minimum absolute atomic E-state index is 0.542. The highest BCUT2D eigenvalue weighted by Gasteiger charge is 2.05. The molecule has 1 atom stereocenters. The Morgan fingerprint density at radius 2 is 2.27 bits per heavy atom. The van der Waals surface area contributed by atoms with Crippen LogP contribution in [0.4, 0.5) is 0 Å². The lowest BCUT2D eigenvalue weighted by Gasteiger charge is -2.10. The van der Waals surface area contributed by atoms with Crippen LogP contribution >= 0.6 is 0 Å². The van der Waals surface area contributed by atoms with Crippen LogP contribution in [0.1, 0.15) is 38.5 Å². The molecule has 0 spiro atoms. The number of nitriles is 1. The SMILES string of the molecule is N#CCC1/C=C\CCCCC1. The Morgan fingerprint density at radius 3 is 3.09 bits per heavy atom. The van der Waals surface area contributed by atoms with Crippen LogP contribution in [0.2, 0.25) is 0 Å². The fraction of sp³-hybridized carbons (Fsp3) is 0.700. The Hall–Kier alpha value is -0.770. The minimum Gasteiger partial charge on any atom is -0.198 e. The van der Waals surface area contributed by atoms with Crippen molar-refractivity contribution in [1.29, 1.82) is 5.26 Å². The molecule has 1 nitrogen and oxygen atoms in total. The van der Waals surface area contributed by atoms with Crippen LogP contribution in [0.3, 0.4) is 0 Å². The van der Waals surface area contributed by atoms with Crippen molar-refractivity contribution in [3.63, 3.8) is 0 Å². The monoisotopic (exact) mass is 149 g/mol. The van der Waals surface area contributed by atoms with Crippen molar-refractivity contribution < 1.29 is 0 Å². The van der Waals surface area contributed by atoms with E-state index in [4.69, 9.17) is 5.26 Å². The molecule has 0 aromatic carbocycles. The topological polar surface area (TPSA) is 23.8 Å². The van der Waals surface area contributed by atoms with E-state index < -0.39 is 0 Å². The van der Waals surface area contributed by atoms with Gasteiger partial charge in [-0.2, -0.15) is 5.26 Å². The van der Waals surface area contributed by atoms with Crippen LogP contribution in [0.25, 0.3) is 0 Å². The highest BCUT2D eigenvalue weighted by Crippen LogP contribution is 2.18. The van der Waals surface area contributed by atoms with E-state index in [1.807, 2.05) is 0 Å². The van der Waals surface area contributed by atoms with Gasteiger partial charge in [0.1, 0.15) is 0 Å². The molecule has 0 aromatic heterocycles. The van der Waals surface area contributed by atoms with E-state index in [1.54, 1.807) is 0 Å². The predicted molar refractivity (Wildman–Crippen MR) is 45.9 cm³/mol. The number of hydrogen-bond donors (Lipinski definition) is 0. The first-order valence-corrected chi connectivity index (χ1v) is 4.47. The van der Waals surface area contributed by atoms with Gasteiger partial charge in [0.2, 0.25) is 0 Å². The average molecular weight is 149 g/mol. The highest BCUT2D eigenvalue weighted by atomic mass is 14.2. The number of nitrogens with zero attached hydrogens (tertiary/aromatic N) is 1. The van der Waals surface area contributed by atoms with Crippen molar-refractivity contribution >= 4 is 0 Å². The van der Waals surface area contributed by atoms with Crippen LogP contribution in [0.5, 0.6) is 0 Å². The second kappa shape index (κ2) is 4.96. The molecule has 1 heteroatoms. The molecular weight excluding hydrogens is 134 g/mol. The molecular formula is C10H15N. The normalized spacial score (nSPS) is 28.1. The standard InChI is InChI=1S/C10H15N/c11-9-8-10-6-4-2-1-3-5-7-10/h4,6,10H,1-3,5,7-8H2/b6-4-. The summed E-state index contributed by atoms with van der Waals surface area (Å²) in [6.07, 6.45) is 11.6. The van der Waals surface area contributed by atoms with Crippen LogP contribution in [-0.4, -0.2) is 0 Å². The Bertz CT molecular complexity index is 164. The lowest BCUT2D eigenvalue weighted by atomic mass is 9.95. The maximum absolute atomic E-state index is 8.50. The average Bonchev–Trinajstić information content (AvgIpc) is 1.94. The van der Waals surface area contributed by atoms with Crippen LogP contribution in [-0.2, 0) is 0 Å². The zero-order chi connectivity index (χ0) is 7.94. The summed E-state index contributed by atoms with van der Waals surface area (Å²) in [6, 6.07) is 2.23. The molecule has 1 aliphatic rings. The minimum atomic E-state index is 0.542. The van der Waals surface area contributed by atoms with E-state index in [0.717, 1.165) is 0 Å². The first kappa shape index (κ1) is 8.33. The maximum Gasteiger partial charge on any atom is 0.0627 e. The van der Waals surface area contributed by atoms with Gasteiger partial charge in [0.15, 0.2) is 0 Å². The molecule has 0 amide bonds. The molecule has 11 heavy (non-hydrogen) atoms. The van der Waals surface area contributed by atoms with Gasteiger partial charge in [0, 0.05) is 6.42 Å². The smallest absolute Gasteiger partial charge is 0.0627 e. The van der Waals surface area contributed by atoms with Crippen LogP contribution < -0.4 is 0 Å². The molecule has 0 N–H and O–H groups in total. The van der Waals surface area contributed by atoms with E-state index >= 15 is 0 Å². The lowest BCUT2D eigenvalue weighted by molar-refractivity contribution is 0.528. The summed E-state index contributed by atoms with van der Waals surface area (Å²) in [6.45, 7) is 0. The van der Waals surface area contributed by atoms with Crippen molar-refractivity contribution in [3.8, 4) is 6.07 Å². The summed E-state index contributed by atoms with van der Waals surface area (Å²) in [5, 5.41) is 8.50. The van der Waals surface area contributed by atoms with Crippen molar-refractivity contribution in [2.75, 3.05) is 0 Å². The highest BCUT2D eigenvalue weighted by molar-refractivity contribution is 4.93. The molecule has 0 saturated heterocycles. The molecule has 60 valence electrons. The van der Waals surface area contributed by atoms with Crippen molar-refractivity contribution in [1.82, 2.24) is 0 Å². The third-order valence-corrected chi connectivity index (χ3v) is 2.21. The van der Waals surface area contributed by atoms with E-state index in [-0.39, 0.29) is 0 Å². The number of rotatable bonds is 1. The zero-order valence-corrected chi connectivity index (χ0v) is 6.92. The maximum atomic E-state index is 8.50. The summed E-state index contributed by atoms with van der Waals surface area (Å²) in [4.78, 5) is 0. The first-order valence-electron chi connectivity index (χ1n) is 4.47. The lowest BCUT2D eigenvalue weighted by Crippen LogP contribution is -1.97. The number of hydrogen-bond acceptors (Lipinski definition) is 1. The summed E-state index contributed by atoms with van der Waals surface area (Å²) in [5.74, 6) is 0.542. The molecule has 0 aliphatic heterocycles. The Kier molecular flexibility index (Phi) is 3.75. The van der Waals surface area contributed by atoms with Gasteiger partial charge in [-0.25, -0.2) is 0 Å². The van der Waals surface area contributed by atoms with Gasteiger partial charge >= 0.3 is 0 Å². The van der Waals surface area contributed by atoms with Gasteiger partial charge in [-0.3, -0.25) is 0 Å². The van der Waals surface area contributed by atoms with Crippen molar-refractivity contribution in [3.05, 3.63) is 12.2 Å². The van der Waals surface area contributed by atoms with Gasteiger partial charge in [-0.1, -0.05) is 25.0 Å². The Morgan fingerprint density at radius 1 is 1.36 bits per heavy atom. The summed E-state index contributed by atoms with van der Waals surface area (Å²) < 4.78 is 0. The predicted octanol–water partition coefficient (Wildman–Crippen LogP) is 3.04. The van der Waals surface area contributed by atoms with E-state index in [2.05, 4.69) is 18.2 Å². The number of allylic oxidation sites excluding steroid dienone is 2.